The van der Waals surface area contributed by atoms with E-state index in [0.717, 1.165) is 5.56 Å². The molecule has 1 aromatic rings. The molecule has 2 amide bonds. The van der Waals surface area contributed by atoms with Gasteiger partial charge in [-0.25, -0.2) is 4.79 Å². The summed E-state index contributed by atoms with van der Waals surface area (Å²) in [6.45, 7) is 6.28. The molecule has 0 spiro atoms. The monoisotopic (exact) mass is 326 g/mol. The Hall–Kier alpha value is -1.75. The SMILES string of the molecule is CC(C)(C)OC(=O)NCCCC(=O)NCc1ccc(Cl)cc1. The number of nitrogens with one attached hydrogen (secondary N) is 2. The summed E-state index contributed by atoms with van der Waals surface area (Å²) in [5, 5.41) is 6.11. The second-order valence-corrected chi connectivity index (χ2v) is 6.37. The van der Waals surface area contributed by atoms with Crippen LogP contribution in [0.15, 0.2) is 24.3 Å². The van der Waals surface area contributed by atoms with Crippen molar-refractivity contribution in [2.45, 2.75) is 45.8 Å². The van der Waals surface area contributed by atoms with Gasteiger partial charge in [0.1, 0.15) is 5.60 Å². The predicted octanol–water partition coefficient (Wildman–Crippen LogP) is 3.26. The van der Waals surface area contributed by atoms with Gasteiger partial charge >= 0.3 is 6.09 Å². The Balaban J connectivity index is 2.13. The van der Waals surface area contributed by atoms with Crippen molar-refractivity contribution in [3.05, 3.63) is 34.9 Å². The quantitative estimate of drug-likeness (QED) is 0.788. The summed E-state index contributed by atoms with van der Waals surface area (Å²) in [6.07, 6.45) is 0.448. The molecule has 0 radical (unpaired) electrons. The van der Waals surface area contributed by atoms with Crippen LogP contribution < -0.4 is 10.6 Å². The highest BCUT2D eigenvalue weighted by molar-refractivity contribution is 6.30. The number of carbonyl (C=O) groups is 2. The fraction of sp³-hybridized carbons (Fsp3) is 0.500. The predicted molar refractivity (Wildman–Crippen MR) is 86.8 cm³/mol. The standard InChI is InChI=1S/C16H23ClN2O3/c1-16(2,3)22-15(21)18-10-4-5-14(20)19-11-12-6-8-13(17)9-7-12/h6-9H,4-5,10-11H2,1-3H3,(H,18,21)(H,19,20). The summed E-state index contributed by atoms with van der Waals surface area (Å²) < 4.78 is 5.10. The molecule has 0 aliphatic heterocycles. The van der Waals surface area contributed by atoms with Gasteiger partial charge in [0, 0.05) is 24.5 Å². The Morgan fingerprint density at radius 2 is 1.77 bits per heavy atom. The van der Waals surface area contributed by atoms with Crippen molar-refractivity contribution >= 4 is 23.6 Å². The van der Waals surface area contributed by atoms with Crippen LogP contribution in [0.5, 0.6) is 0 Å². The molecule has 5 nitrogen and oxygen atoms in total. The third-order valence-corrected chi connectivity index (χ3v) is 2.90. The Bertz CT molecular complexity index is 495. The van der Waals surface area contributed by atoms with Crippen molar-refractivity contribution < 1.29 is 14.3 Å². The van der Waals surface area contributed by atoms with E-state index in [0.29, 0.717) is 31.0 Å². The van der Waals surface area contributed by atoms with Crippen molar-refractivity contribution in [1.82, 2.24) is 10.6 Å². The van der Waals surface area contributed by atoms with Gasteiger partial charge in [-0.15, -0.1) is 0 Å². The molecule has 1 rings (SSSR count). The van der Waals surface area contributed by atoms with Crippen molar-refractivity contribution in [3.63, 3.8) is 0 Å². The molecular formula is C16H23ClN2O3. The van der Waals surface area contributed by atoms with Crippen LogP contribution in [0, 0.1) is 0 Å². The number of benzene rings is 1. The van der Waals surface area contributed by atoms with E-state index in [9.17, 15) is 9.59 Å². The topological polar surface area (TPSA) is 67.4 Å². The molecule has 0 saturated heterocycles. The van der Waals surface area contributed by atoms with E-state index >= 15 is 0 Å². The van der Waals surface area contributed by atoms with Crippen LogP contribution >= 0.6 is 11.6 Å². The average Bonchev–Trinajstić information content (AvgIpc) is 2.41. The third-order valence-electron chi connectivity index (χ3n) is 2.65. The van der Waals surface area contributed by atoms with Crippen LogP contribution in [-0.2, 0) is 16.1 Å². The largest absolute Gasteiger partial charge is 0.444 e. The molecule has 0 aliphatic carbocycles. The zero-order chi connectivity index (χ0) is 16.6. The molecule has 0 bridgehead atoms. The molecular weight excluding hydrogens is 304 g/mol. The zero-order valence-electron chi connectivity index (χ0n) is 13.2. The molecule has 6 heteroatoms. The van der Waals surface area contributed by atoms with Crippen LogP contribution in [0.3, 0.4) is 0 Å². The van der Waals surface area contributed by atoms with Crippen molar-refractivity contribution in [2.75, 3.05) is 6.54 Å². The molecule has 1 aromatic carbocycles. The summed E-state index contributed by atoms with van der Waals surface area (Å²) >= 11 is 5.79. The number of ether oxygens (including phenoxy) is 1. The molecule has 0 saturated carbocycles. The van der Waals surface area contributed by atoms with E-state index in [1.54, 1.807) is 32.9 Å². The highest BCUT2D eigenvalue weighted by Crippen LogP contribution is 2.09. The van der Waals surface area contributed by atoms with Gasteiger partial charge in [-0.3, -0.25) is 4.79 Å². The normalized spacial score (nSPS) is 10.9. The Kier molecular flexibility index (Phi) is 7.18. The molecule has 22 heavy (non-hydrogen) atoms. The fourth-order valence-corrected chi connectivity index (χ4v) is 1.77. The lowest BCUT2D eigenvalue weighted by Gasteiger charge is -2.19. The van der Waals surface area contributed by atoms with E-state index in [4.69, 9.17) is 16.3 Å². The summed E-state index contributed by atoms with van der Waals surface area (Å²) in [7, 11) is 0. The number of alkyl carbamates (subject to hydrolysis) is 1. The van der Waals surface area contributed by atoms with E-state index in [1.807, 2.05) is 12.1 Å². The fourth-order valence-electron chi connectivity index (χ4n) is 1.64. The second-order valence-electron chi connectivity index (χ2n) is 5.94. The maximum atomic E-state index is 11.7. The van der Waals surface area contributed by atoms with E-state index in [2.05, 4.69) is 10.6 Å². The minimum absolute atomic E-state index is 0.0547. The van der Waals surface area contributed by atoms with Gasteiger partial charge in [-0.05, 0) is 44.9 Å². The first kappa shape index (κ1) is 18.3. The molecule has 122 valence electrons. The first-order chi connectivity index (χ1) is 10.3. The van der Waals surface area contributed by atoms with Gasteiger partial charge in [0.15, 0.2) is 0 Å². The van der Waals surface area contributed by atoms with Gasteiger partial charge in [-0.1, -0.05) is 23.7 Å². The van der Waals surface area contributed by atoms with Gasteiger partial charge in [-0.2, -0.15) is 0 Å². The second kappa shape index (κ2) is 8.63. The highest BCUT2D eigenvalue weighted by atomic mass is 35.5. The number of carbonyl (C=O) groups excluding carboxylic acids is 2. The van der Waals surface area contributed by atoms with Crippen LogP contribution in [0.1, 0.15) is 39.2 Å². The molecule has 0 heterocycles. The van der Waals surface area contributed by atoms with Crippen molar-refractivity contribution in [3.8, 4) is 0 Å². The lowest BCUT2D eigenvalue weighted by atomic mass is 10.2. The average molecular weight is 327 g/mol. The zero-order valence-corrected chi connectivity index (χ0v) is 14.0. The summed E-state index contributed by atoms with van der Waals surface area (Å²) in [4.78, 5) is 23.1. The number of amides is 2. The van der Waals surface area contributed by atoms with E-state index in [1.165, 1.54) is 0 Å². The van der Waals surface area contributed by atoms with Gasteiger partial charge in [0.2, 0.25) is 5.91 Å². The maximum absolute atomic E-state index is 11.7. The first-order valence-electron chi connectivity index (χ1n) is 7.24. The van der Waals surface area contributed by atoms with E-state index in [-0.39, 0.29) is 5.91 Å². The Labute approximate surface area is 136 Å². The Morgan fingerprint density at radius 1 is 1.14 bits per heavy atom. The van der Waals surface area contributed by atoms with Crippen LogP contribution in [0.25, 0.3) is 0 Å². The van der Waals surface area contributed by atoms with E-state index < -0.39 is 11.7 Å². The lowest BCUT2D eigenvalue weighted by molar-refractivity contribution is -0.121. The van der Waals surface area contributed by atoms with Crippen LogP contribution in [0.4, 0.5) is 4.79 Å². The molecule has 0 unspecified atom stereocenters. The molecule has 2 N–H and O–H groups in total. The number of rotatable bonds is 6. The molecule has 0 aromatic heterocycles. The van der Waals surface area contributed by atoms with Crippen molar-refractivity contribution in [1.29, 1.82) is 0 Å². The summed E-state index contributed by atoms with van der Waals surface area (Å²) in [5.41, 5.74) is 0.477. The lowest BCUT2D eigenvalue weighted by Crippen LogP contribution is -2.33. The van der Waals surface area contributed by atoms with Crippen LogP contribution in [0.2, 0.25) is 5.02 Å². The Morgan fingerprint density at radius 3 is 2.36 bits per heavy atom. The van der Waals surface area contributed by atoms with Gasteiger partial charge in [0.05, 0.1) is 0 Å². The number of halogens is 1. The third kappa shape index (κ3) is 8.52. The van der Waals surface area contributed by atoms with Crippen LogP contribution in [-0.4, -0.2) is 24.1 Å². The van der Waals surface area contributed by atoms with Crippen molar-refractivity contribution in [2.24, 2.45) is 0 Å². The smallest absolute Gasteiger partial charge is 0.407 e. The minimum Gasteiger partial charge on any atom is -0.444 e. The molecule has 0 fully saturated rings. The highest BCUT2D eigenvalue weighted by Gasteiger charge is 2.15. The van der Waals surface area contributed by atoms with Gasteiger partial charge < -0.3 is 15.4 Å². The van der Waals surface area contributed by atoms with Gasteiger partial charge in [0.25, 0.3) is 0 Å². The maximum Gasteiger partial charge on any atom is 0.407 e. The first-order valence-corrected chi connectivity index (χ1v) is 7.62. The number of hydrogen-bond donors (Lipinski definition) is 2. The minimum atomic E-state index is -0.514. The molecule has 0 aliphatic rings. The number of hydrogen-bond acceptors (Lipinski definition) is 3. The summed E-state index contributed by atoms with van der Waals surface area (Å²) in [6, 6.07) is 7.31. The molecule has 0 atom stereocenters. The summed E-state index contributed by atoms with van der Waals surface area (Å²) in [5.74, 6) is -0.0547.